The van der Waals surface area contributed by atoms with Gasteiger partial charge in [-0.15, -0.1) is 0 Å². The lowest BCUT2D eigenvalue weighted by atomic mass is 9.76. The molecule has 2 rings (SSSR count). The van der Waals surface area contributed by atoms with Gasteiger partial charge in [0.2, 0.25) is 0 Å². The average molecular weight is 280 g/mol. The number of aliphatic carboxylic acids is 1. The summed E-state index contributed by atoms with van der Waals surface area (Å²) >= 11 is 0. The Bertz CT molecular complexity index is 494. The van der Waals surface area contributed by atoms with Crippen molar-refractivity contribution in [3.63, 3.8) is 0 Å². The Morgan fingerprint density at radius 1 is 1.35 bits per heavy atom. The molecule has 0 heterocycles. The van der Waals surface area contributed by atoms with Crippen LogP contribution in [0.5, 0.6) is 0 Å². The van der Waals surface area contributed by atoms with E-state index in [1.807, 2.05) is 0 Å². The lowest BCUT2D eigenvalue weighted by molar-refractivity contribution is -0.160. The predicted octanol–water partition coefficient (Wildman–Crippen LogP) is 1.96. The first-order valence-corrected chi connectivity index (χ1v) is 6.87. The number of fused-ring (bicyclic) bond motifs is 1. The van der Waals surface area contributed by atoms with Gasteiger partial charge in [-0.25, -0.2) is 4.79 Å². The average Bonchev–Trinajstić information content (AvgIpc) is 2.90. The molecule has 2 saturated carbocycles. The van der Waals surface area contributed by atoms with Gasteiger partial charge in [-0.2, -0.15) is 0 Å². The number of hydrogen-bond donors (Lipinski definition) is 1. The van der Waals surface area contributed by atoms with Gasteiger partial charge in [0.1, 0.15) is 11.2 Å². The molecule has 0 radical (unpaired) electrons. The molecule has 0 saturated heterocycles. The van der Waals surface area contributed by atoms with Crippen molar-refractivity contribution in [2.75, 3.05) is 6.61 Å². The molecule has 5 heteroatoms. The van der Waals surface area contributed by atoms with Crippen molar-refractivity contribution in [1.82, 2.24) is 0 Å². The quantitative estimate of drug-likeness (QED) is 0.457. The molecule has 110 valence electrons. The van der Waals surface area contributed by atoms with Crippen LogP contribution < -0.4 is 0 Å². The first-order chi connectivity index (χ1) is 9.27. The van der Waals surface area contributed by atoms with Gasteiger partial charge < -0.3 is 9.84 Å². The lowest BCUT2D eigenvalue weighted by Gasteiger charge is -2.27. The zero-order chi connectivity index (χ0) is 15.1. The third kappa shape index (κ3) is 2.15. The van der Waals surface area contributed by atoms with Crippen molar-refractivity contribution in [3.05, 3.63) is 12.2 Å². The van der Waals surface area contributed by atoms with Crippen LogP contribution >= 0.6 is 0 Å². The minimum atomic E-state index is -1.07. The Kier molecular flexibility index (Phi) is 3.48. The molecule has 2 fully saturated rings. The van der Waals surface area contributed by atoms with Crippen LogP contribution in [0.25, 0.3) is 0 Å². The molecule has 0 aliphatic heterocycles. The van der Waals surface area contributed by atoms with E-state index in [-0.39, 0.29) is 29.3 Å². The molecular weight excluding hydrogens is 260 g/mol. The fourth-order valence-corrected chi connectivity index (χ4v) is 3.65. The van der Waals surface area contributed by atoms with E-state index in [2.05, 4.69) is 6.58 Å². The summed E-state index contributed by atoms with van der Waals surface area (Å²) in [6, 6.07) is 0. The highest BCUT2D eigenvalue weighted by Crippen LogP contribution is 2.72. The van der Waals surface area contributed by atoms with Gasteiger partial charge in [0, 0.05) is 5.57 Å². The number of Topliss-reactive ketones (excluding diaryl/α,β-unsaturated/α-hetero) is 1. The highest BCUT2D eigenvalue weighted by Gasteiger charge is 2.69. The maximum absolute atomic E-state index is 12.2. The molecule has 2 aliphatic carbocycles. The molecule has 1 N–H and O–H groups in total. The second-order valence-corrected chi connectivity index (χ2v) is 6.09. The largest absolute Gasteiger partial charge is 0.478 e. The Balaban J connectivity index is 2.17. The highest BCUT2D eigenvalue weighted by atomic mass is 16.5. The highest BCUT2D eigenvalue weighted by molar-refractivity contribution is 6.03. The van der Waals surface area contributed by atoms with Crippen LogP contribution in [0.1, 0.15) is 39.5 Å². The van der Waals surface area contributed by atoms with Crippen molar-refractivity contribution in [3.8, 4) is 0 Å². The van der Waals surface area contributed by atoms with Crippen LogP contribution in [0, 0.1) is 16.7 Å². The standard InChI is InChI=1S/C15H20O5/c1-4-20-13(19)15(10(3)16)7-11-6-14(11,8-15)5-9(2)12(17)18/h11H,2,4-8H2,1,3H3,(H,17,18). The topological polar surface area (TPSA) is 80.7 Å². The number of hydrogen-bond acceptors (Lipinski definition) is 4. The van der Waals surface area contributed by atoms with Gasteiger partial charge in [-0.3, -0.25) is 9.59 Å². The van der Waals surface area contributed by atoms with Gasteiger partial charge in [-0.05, 0) is 50.9 Å². The normalized spacial score (nSPS) is 34.2. The van der Waals surface area contributed by atoms with Crippen LogP contribution in [-0.4, -0.2) is 29.4 Å². The van der Waals surface area contributed by atoms with Crippen LogP contribution in [0.4, 0.5) is 0 Å². The molecule has 20 heavy (non-hydrogen) atoms. The van der Waals surface area contributed by atoms with Crippen molar-refractivity contribution in [1.29, 1.82) is 0 Å². The molecule has 0 aromatic carbocycles. The van der Waals surface area contributed by atoms with E-state index in [1.54, 1.807) is 6.92 Å². The van der Waals surface area contributed by atoms with Crippen molar-refractivity contribution in [2.45, 2.75) is 39.5 Å². The Labute approximate surface area is 118 Å². The SMILES string of the molecule is C=C(CC12CC1CC(C(C)=O)(C(=O)OCC)C2)C(=O)O. The maximum atomic E-state index is 12.2. The van der Waals surface area contributed by atoms with Crippen LogP contribution in [0.2, 0.25) is 0 Å². The number of carboxylic acids is 1. The summed E-state index contributed by atoms with van der Waals surface area (Å²) in [7, 11) is 0. The predicted molar refractivity (Wildman–Crippen MR) is 70.9 cm³/mol. The summed E-state index contributed by atoms with van der Waals surface area (Å²) in [5, 5.41) is 8.95. The first-order valence-electron chi connectivity index (χ1n) is 6.87. The van der Waals surface area contributed by atoms with Crippen LogP contribution in [0.3, 0.4) is 0 Å². The monoisotopic (exact) mass is 280 g/mol. The van der Waals surface area contributed by atoms with E-state index in [4.69, 9.17) is 9.84 Å². The molecular formula is C15H20O5. The molecule has 0 amide bonds. The number of carbonyl (C=O) groups excluding carboxylic acids is 2. The van der Waals surface area contributed by atoms with Crippen molar-refractivity contribution >= 4 is 17.7 Å². The van der Waals surface area contributed by atoms with E-state index in [9.17, 15) is 14.4 Å². The minimum absolute atomic E-state index is 0.149. The fourth-order valence-electron chi connectivity index (χ4n) is 3.65. The van der Waals surface area contributed by atoms with Gasteiger partial charge in [0.25, 0.3) is 0 Å². The summed E-state index contributed by atoms with van der Waals surface area (Å²) in [6.07, 6.45) is 2.09. The molecule has 5 nitrogen and oxygen atoms in total. The smallest absolute Gasteiger partial charge is 0.330 e. The first kappa shape index (κ1) is 14.8. The maximum Gasteiger partial charge on any atom is 0.330 e. The molecule has 0 aromatic rings. The Hall–Kier alpha value is -1.65. The van der Waals surface area contributed by atoms with E-state index in [0.29, 0.717) is 19.3 Å². The number of carbonyl (C=O) groups is 3. The van der Waals surface area contributed by atoms with Gasteiger partial charge in [0.05, 0.1) is 6.61 Å². The fraction of sp³-hybridized carbons (Fsp3) is 0.667. The number of esters is 1. The zero-order valence-corrected chi connectivity index (χ0v) is 11.9. The molecule has 0 bridgehead atoms. The van der Waals surface area contributed by atoms with E-state index in [1.165, 1.54) is 6.92 Å². The number of carboxylic acid groups (broad SMARTS) is 1. The summed E-state index contributed by atoms with van der Waals surface area (Å²) < 4.78 is 5.06. The lowest BCUT2D eigenvalue weighted by Crippen LogP contribution is -2.39. The number of rotatable bonds is 6. The summed E-state index contributed by atoms with van der Waals surface area (Å²) in [5.74, 6) is -1.42. The van der Waals surface area contributed by atoms with Gasteiger partial charge in [0.15, 0.2) is 0 Å². The van der Waals surface area contributed by atoms with Gasteiger partial charge >= 0.3 is 11.9 Å². The molecule has 0 spiro atoms. The van der Waals surface area contributed by atoms with Crippen molar-refractivity contribution < 1.29 is 24.2 Å². The van der Waals surface area contributed by atoms with E-state index >= 15 is 0 Å². The Morgan fingerprint density at radius 3 is 2.50 bits per heavy atom. The molecule has 0 aromatic heterocycles. The van der Waals surface area contributed by atoms with E-state index in [0.717, 1.165) is 6.42 Å². The Morgan fingerprint density at radius 2 is 2.00 bits per heavy atom. The van der Waals surface area contributed by atoms with Crippen LogP contribution in [0.15, 0.2) is 12.2 Å². The van der Waals surface area contributed by atoms with Crippen molar-refractivity contribution in [2.24, 2.45) is 16.7 Å². The van der Waals surface area contributed by atoms with Crippen LogP contribution in [-0.2, 0) is 19.1 Å². The minimum Gasteiger partial charge on any atom is -0.478 e. The third-order valence-corrected chi connectivity index (χ3v) is 4.82. The third-order valence-electron chi connectivity index (χ3n) is 4.82. The molecule has 3 atom stereocenters. The number of ketones is 1. The van der Waals surface area contributed by atoms with Gasteiger partial charge in [-0.1, -0.05) is 6.58 Å². The second kappa shape index (κ2) is 4.72. The zero-order valence-electron chi connectivity index (χ0n) is 11.9. The summed E-state index contributed by atoms with van der Waals surface area (Å²) in [5.41, 5.74) is -1.17. The van der Waals surface area contributed by atoms with E-state index < -0.39 is 17.4 Å². The molecule has 3 unspecified atom stereocenters. The summed E-state index contributed by atoms with van der Waals surface area (Å²) in [6.45, 7) is 6.94. The second-order valence-electron chi connectivity index (χ2n) is 6.09. The summed E-state index contributed by atoms with van der Waals surface area (Å²) in [4.78, 5) is 35.0. The number of ether oxygens (including phenoxy) is 1. The molecule has 2 aliphatic rings.